The molecule has 1 aromatic carbocycles. The first-order valence-corrected chi connectivity index (χ1v) is 11.9. The van der Waals surface area contributed by atoms with Gasteiger partial charge in [-0.15, -0.1) is 10.2 Å². The van der Waals surface area contributed by atoms with Gasteiger partial charge in [0.2, 0.25) is 5.91 Å². The van der Waals surface area contributed by atoms with Crippen LogP contribution in [0.2, 0.25) is 0 Å². The van der Waals surface area contributed by atoms with E-state index in [-0.39, 0.29) is 17.2 Å². The Balaban J connectivity index is 1.43. The molecule has 162 valence electrons. The van der Waals surface area contributed by atoms with Crippen LogP contribution >= 0.6 is 11.8 Å². The molecule has 0 spiro atoms. The Hall–Kier alpha value is -2.02. The number of amides is 1. The number of methoxy groups -OCH3 is 1. The van der Waals surface area contributed by atoms with E-state index in [4.69, 9.17) is 4.74 Å². The predicted molar refractivity (Wildman–Crippen MR) is 120 cm³/mol. The number of benzene rings is 1. The van der Waals surface area contributed by atoms with Gasteiger partial charge in [0.25, 0.3) is 0 Å². The largest absolute Gasteiger partial charge is 0.496 e. The molecule has 2 bridgehead atoms. The van der Waals surface area contributed by atoms with Crippen LogP contribution in [0.15, 0.2) is 29.4 Å². The maximum Gasteiger partial charge on any atom is 0.233 e. The first-order chi connectivity index (χ1) is 14.5. The highest BCUT2D eigenvalue weighted by atomic mass is 32.2. The van der Waals surface area contributed by atoms with Gasteiger partial charge in [0.05, 0.1) is 17.9 Å². The van der Waals surface area contributed by atoms with Gasteiger partial charge in [-0.2, -0.15) is 0 Å². The van der Waals surface area contributed by atoms with Gasteiger partial charge in [-0.3, -0.25) is 4.79 Å². The number of rotatable bonds is 8. The van der Waals surface area contributed by atoms with Crippen molar-refractivity contribution in [2.24, 2.45) is 17.8 Å². The lowest BCUT2D eigenvalue weighted by atomic mass is 9.84. The third-order valence-electron chi connectivity index (χ3n) is 6.84. The minimum atomic E-state index is -0.231. The topological polar surface area (TPSA) is 69.0 Å². The molecule has 0 aliphatic heterocycles. The van der Waals surface area contributed by atoms with Crippen LogP contribution < -0.4 is 10.1 Å². The maximum atomic E-state index is 12.9. The minimum absolute atomic E-state index is 0.0831. The third kappa shape index (κ3) is 4.09. The van der Waals surface area contributed by atoms with Crippen LogP contribution in [-0.2, 0) is 11.3 Å². The summed E-state index contributed by atoms with van der Waals surface area (Å²) in [7, 11) is 1.66. The molecule has 30 heavy (non-hydrogen) atoms. The van der Waals surface area contributed by atoms with Gasteiger partial charge in [-0.05, 0) is 69.9 Å². The van der Waals surface area contributed by atoms with Crippen LogP contribution in [0, 0.1) is 17.8 Å². The number of ether oxygens (including phenoxy) is 1. The molecule has 7 heteroatoms. The Morgan fingerprint density at radius 2 is 2.07 bits per heavy atom. The van der Waals surface area contributed by atoms with Crippen LogP contribution in [0.4, 0.5) is 0 Å². The summed E-state index contributed by atoms with van der Waals surface area (Å²) >= 11 is 1.47. The fourth-order valence-electron chi connectivity index (χ4n) is 5.26. The molecule has 0 radical (unpaired) electrons. The third-order valence-corrected chi connectivity index (χ3v) is 7.92. The Morgan fingerprint density at radius 1 is 1.27 bits per heavy atom. The molecule has 1 N–H and O–H groups in total. The van der Waals surface area contributed by atoms with Gasteiger partial charge in [0.1, 0.15) is 5.75 Å². The molecule has 1 aromatic heterocycles. The summed E-state index contributed by atoms with van der Waals surface area (Å²) in [6.45, 7) is 6.91. The van der Waals surface area contributed by atoms with E-state index >= 15 is 0 Å². The molecule has 2 aromatic rings. The van der Waals surface area contributed by atoms with E-state index in [1.807, 2.05) is 35.8 Å². The molecule has 2 aliphatic carbocycles. The van der Waals surface area contributed by atoms with E-state index in [9.17, 15) is 4.79 Å². The van der Waals surface area contributed by atoms with Gasteiger partial charge in [-0.1, -0.05) is 30.3 Å². The van der Waals surface area contributed by atoms with Crippen molar-refractivity contribution in [3.8, 4) is 17.1 Å². The Morgan fingerprint density at radius 3 is 2.73 bits per heavy atom. The fraction of sp³-hybridized carbons (Fsp3) is 0.609. The zero-order valence-electron chi connectivity index (χ0n) is 18.3. The fourth-order valence-corrected chi connectivity index (χ4v) is 6.18. The van der Waals surface area contributed by atoms with Gasteiger partial charge in [0.15, 0.2) is 11.0 Å². The smallest absolute Gasteiger partial charge is 0.233 e. The molecule has 4 rings (SSSR count). The summed E-state index contributed by atoms with van der Waals surface area (Å²) < 4.78 is 7.54. The van der Waals surface area contributed by atoms with E-state index in [1.54, 1.807) is 7.11 Å². The average molecular weight is 429 g/mol. The summed E-state index contributed by atoms with van der Waals surface area (Å²) in [6, 6.07) is 8.05. The van der Waals surface area contributed by atoms with Crippen LogP contribution in [0.3, 0.4) is 0 Å². The number of hydrogen-bond acceptors (Lipinski definition) is 5. The summed E-state index contributed by atoms with van der Waals surface area (Å²) in [5.74, 6) is 3.95. The molecular weight excluding hydrogens is 396 g/mol. The van der Waals surface area contributed by atoms with Crippen LogP contribution in [0.25, 0.3) is 11.4 Å². The second-order valence-corrected chi connectivity index (χ2v) is 9.95. The van der Waals surface area contributed by atoms with Gasteiger partial charge in [0, 0.05) is 12.6 Å². The van der Waals surface area contributed by atoms with Crippen molar-refractivity contribution >= 4 is 17.7 Å². The standard InChI is InChI=1S/C23H32N4O2S/c1-5-27-21(18-8-6-7-9-20(18)29-4)25-26-23(27)30-15(3)22(28)24-14(2)19-13-16-10-11-17(19)12-16/h6-9,14-17,19H,5,10-13H2,1-4H3,(H,24,28). The number of nitrogens with one attached hydrogen (secondary N) is 1. The number of thioether (sulfide) groups is 1. The second-order valence-electron chi connectivity index (χ2n) is 8.65. The van der Waals surface area contributed by atoms with Crippen LogP contribution in [-0.4, -0.2) is 39.1 Å². The highest BCUT2D eigenvalue weighted by Crippen LogP contribution is 2.49. The van der Waals surface area contributed by atoms with Crippen molar-refractivity contribution in [2.45, 2.75) is 69.4 Å². The molecule has 6 nitrogen and oxygen atoms in total. The van der Waals surface area contributed by atoms with E-state index in [0.717, 1.165) is 40.7 Å². The Kier molecular flexibility index (Phi) is 6.37. The molecule has 2 aliphatic rings. The predicted octanol–water partition coefficient (Wildman–Crippen LogP) is 4.40. The van der Waals surface area contributed by atoms with E-state index < -0.39 is 0 Å². The van der Waals surface area contributed by atoms with Gasteiger partial charge < -0.3 is 14.6 Å². The molecule has 1 heterocycles. The molecule has 2 fully saturated rings. The highest BCUT2D eigenvalue weighted by Gasteiger charge is 2.42. The lowest BCUT2D eigenvalue weighted by Gasteiger charge is -2.29. The number of carbonyl (C=O) groups is 1. The average Bonchev–Trinajstić information content (AvgIpc) is 3.49. The summed E-state index contributed by atoms with van der Waals surface area (Å²) in [6.07, 6.45) is 5.36. The summed E-state index contributed by atoms with van der Waals surface area (Å²) in [5.41, 5.74) is 0.906. The van der Waals surface area contributed by atoms with Crippen LogP contribution in [0.5, 0.6) is 5.75 Å². The maximum absolute atomic E-state index is 12.9. The first kappa shape index (κ1) is 21.2. The molecular formula is C23H32N4O2S. The number of nitrogens with zero attached hydrogens (tertiary/aromatic N) is 3. The summed E-state index contributed by atoms with van der Waals surface area (Å²) in [5, 5.41) is 12.6. The number of fused-ring (bicyclic) bond motifs is 2. The highest BCUT2D eigenvalue weighted by molar-refractivity contribution is 8.00. The normalized spacial score (nSPS) is 24.6. The lowest BCUT2D eigenvalue weighted by molar-refractivity contribution is -0.121. The number of hydrogen-bond donors (Lipinski definition) is 1. The van der Waals surface area contributed by atoms with Crippen molar-refractivity contribution in [2.75, 3.05) is 7.11 Å². The van der Waals surface area contributed by atoms with Crippen molar-refractivity contribution in [3.63, 3.8) is 0 Å². The Labute approximate surface area is 183 Å². The monoisotopic (exact) mass is 428 g/mol. The molecule has 2 saturated carbocycles. The number of carbonyl (C=O) groups excluding carboxylic acids is 1. The molecule has 0 saturated heterocycles. The van der Waals surface area contributed by atoms with Crippen molar-refractivity contribution in [1.82, 2.24) is 20.1 Å². The number of para-hydroxylation sites is 1. The quantitative estimate of drug-likeness (QED) is 0.631. The van der Waals surface area contributed by atoms with Gasteiger partial charge in [-0.25, -0.2) is 0 Å². The molecule has 1 amide bonds. The van der Waals surface area contributed by atoms with E-state index in [2.05, 4.69) is 29.4 Å². The lowest BCUT2D eigenvalue weighted by Crippen LogP contribution is -2.43. The minimum Gasteiger partial charge on any atom is -0.496 e. The SMILES string of the molecule is CCn1c(SC(C)C(=O)NC(C)C2CC3CCC2C3)nnc1-c1ccccc1OC. The summed E-state index contributed by atoms with van der Waals surface area (Å²) in [4.78, 5) is 12.9. The first-order valence-electron chi connectivity index (χ1n) is 11.0. The Bertz CT molecular complexity index is 899. The van der Waals surface area contributed by atoms with Crippen molar-refractivity contribution in [1.29, 1.82) is 0 Å². The van der Waals surface area contributed by atoms with Crippen LogP contribution in [0.1, 0.15) is 46.5 Å². The second kappa shape index (κ2) is 9.00. The van der Waals surface area contributed by atoms with Crippen molar-refractivity contribution in [3.05, 3.63) is 24.3 Å². The van der Waals surface area contributed by atoms with Crippen molar-refractivity contribution < 1.29 is 9.53 Å². The van der Waals surface area contributed by atoms with E-state index in [1.165, 1.54) is 37.4 Å². The van der Waals surface area contributed by atoms with Gasteiger partial charge >= 0.3 is 0 Å². The number of aromatic nitrogens is 3. The van der Waals surface area contributed by atoms with E-state index in [0.29, 0.717) is 5.92 Å². The zero-order chi connectivity index (χ0) is 21.3. The molecule has 5 atom stereocenters. The molecule has 5 unspecified atom stereocenters. The zero-order valence-corrected chi connectivity index (χ0v) is 19.1.